The predicted octanol–water partition coefficient (Wildman–Crippen LogP) is 1.04. The minimum atomic E-state index is -4.48. The van der Waals surface area contributed by atoms with Crippen LogP contribution in [-0.4, -0.2) is 41.4 Å². The molecule has 0 saturated carbocycles. The number of hydrogen-bond acceptors (Lipinski definition) is 5. The number of alkyl halides is 3. The first-order valence-electron chi connectivity index (χ1n) is 4.87. The third-order valence-electron chi connectivity index (χ3n) is 1.71. The van der Waals surface area contributed by atoms with Gasteiger partial charge in [-0.2, -0.15) is 13.2 Å². The van der Waals surface area contributed by atoms with Crippen LogP contribution in [0.2, 0.25) is 0 Å². The van der Waals surface area contributed by atoms with Crippen molar-refractivity contribution < 1.29 is 32.6 Å². The molecule has 1 heterocycles. The zero-order chi connectivity index (χ0) is 14.5. The fourth-order valence-corrected chi connectivity index (χ4v) is 1.68. The first-order valence-corrected chi connectivity index (χ1v) is 5.75. The zero-order valence-electron chi connectivity index (χ0n) is 9.36. The maximum absolute atomic E-state index is 11.7. The van der Waals surface area contributed by atoms with Gasteiger partial charge in [-0.15, -0.1) is 11.3 Å². The van der Waals surface area contributed by atoms with E-state index in [0.29, 0.717) is 5.01 Å². The Kier molecular flexibility index (Phi) is 5.24. The maximum atomic E-state index is 11.7. The van der Waals surface area contributed by atoms with Crippen LogP contribution in [-0.2, 0) is 16.1 Å². The van der Waals surface area contributed by atoms with Crippen LogP contribution in [0.5, 0.6) is 0 Å². The number of ether oxygens (including phenoxy) is 1. The van der Waals surface area contributed by atoms with Gasteiger partial charge in [0.1, 0.15) is 18.2 Å². The minimum absolute atomic E-state index is 0.0633. The second-order valence-electron chi connectivity index (χ2n) is 3.32. The molecular formula is C9H9F3N2O4S. The Bertz CT molecular complexity index is 461. The van der Waals surface area contributed by atoms with E-state index in [0.717, 1.165) is 11.3 Å². The molecule has 0 spiro atoms. The van der Waals surface area contributed by atoms with E-state index in [-0.39, 0.29) is 12.2 Å². The summed E-state index contributed by atoms with van der Waals surface area (Å²) >= 11 is 1.02. The van der Waals surface area contributed by atoms with Gasteiger partial charge in [0.2, 0.25) is 5.91 Å². The lowest BCUT2D eigenvalue weighted by molar-refractivity contribution is -0.175. The van der Waals surface area contributed by atoms with E-state index in [1.54, 1.807) is 0 Å². The SMILES string of the molecule is O=C(COCC(F)(F)F)NCc1nc(C(=O)O)cs1. The van der Waals surface area contributed by atoms with Gasteiger partial charge in [0.05, 0.1) is 6.54 Å². The van der Waals surface area contributed by atoms with E-state index in [1.807, 2.05) is 0 Å². The summed E-state index contributed by atoms with van der Waals surface area (Å²) in [4.78, 5) is 25.3. The molecule has 1 rings (SSSR count). The second-order valence-corrected chi connectivity index (χ2v) is 4.26. The Morgan fingerprint density at radius 1 is 1.47 bits per heavy atom. The van der Waals surface area contributed by atoms with Gasteiger partial charge in [-0.25, -0.2) is 9.78 Å². The second kappa shape index (κ2) is 6.48. The molecule has 10 heteroatoms. The fourth-order valence-electron chi connectivity index (χ4n) is 0.975. The number of halogens is 3. The minimum Gasteiger partial charge on any atom is -0.476 e. The molecule has 0 unspecified atom stereocenters. The van der Waals surface area contributed by atoms with Crippen LogP contribution in [0.4, 0.5) is 13.2 Å². The van der Waals surface area contributed by atoms with E-state index in [2.05, 4.69) is 15.0 Å². The first-order chi connectivity index (χ1) is 8.78. The molecule has 0 fully saturated rings. The summed E-state index contributed by atoms with van der Waals surface area (Å²) in [5.41, 5.74) is -0.150. The van der Waals surface area contributed by atoms with Crippen LogP contribution >= 0.6 is 11.3 Å². The summed E-state index contributed by atoms with van der Waals surface area (Å²) in [6, 6.07) is 0. The lowest BCUT2D eigenvalue weighted by Crippen LogP contribution is -2.29. The highest BCUT2D eigenvalue weighted by Crippen LogP contribution is 2.14. The number of rotatable bonds is 6. The number of nitrogens with zero attached hydrogens (tertiary/aromatic N) is 1. The number of carbonyl (C=O) groups is 2. The standard InChI is InChI=1S/C9H9F3N2O4S/c10-9(11,12)4-18-2-6(15)13-1-7-14-5(3-19-7)8(16)17/h3H,1-2,4H2,(H,13,15)(H,16,17). The summed E-state index contributed by atoms with van der Waals surface area (Å²) in [5, 5.41) is 12.5. The van der Waals surface area contributed by atoms with Crippen molar-refractivity contribution in [3.05, 3.63) is 16.1 Å². The van der Waals surface area contributed by atoms with Gasteiger partial charge in [0.15, 0.2) is 5.69 Å². The summed E-state index contributed by atoms with van der Waals surface area (Å²) in [7, 11) is 0. The van der Waals surface area contributed by atoms with E-state index >= 15 is 0 Å². The van der Waals surface area contributed by atoms with Crippen LogP contribution < -0.4 is 5.32 Å². The molecule has 1 aromatic rings. The molecule has 1 aromatic heterocycles. The van der Waals surface area contributed by atoms with E-state index in [9.17, 15) is 22.8 Å². The highest BCUT2D eigenvalue weighted by atomic mass is 32.1. The van der Waals surface area contributed by atoms with E-state index in [4.69, 9.17) is 5.11 Å². The topological polar surface area (TPSA) is 88.5 Å². The Morgan fingerprint density at radius 3 is 2.68 bits per heavy atom. The highest BCUT2D eigenvalue weighted by molar-refractivity contribution is 7.09. The molecule has 0 saturated heterocycles. The van der Waals surface area contributed by atoms with Crippen LogP contribution in [0, 0.1) is 0 Å². The molecule has 0 aromatic carbocycles. The number of carboxylic acid groups (broad SMARTS) is 1. The van der Waals surface area contributed by atoms with E-state index < -0.39 is 31.3 Å². The van der Waals surface area contributed by atoms with Gasteiger partial charge >= 0.3 is 12.1 Å². The van der Waals surface area contributed by atoms with Crippen molar-refractivity contribution in [2.75, 3.05) is 13.2 Å². The highest BCUT2D eigenvalue weighted by Gasteiger charge is 2.27. The average Bonchev–Trinajstić information content (AvgIpc) is 2.73. The summed E-state index contributed by atoms with van der Waals surface area (Å²) in [6.45, 7) is -2.29. The number of carbonyl (C=O) groups excluding carboxylic acids is 1. The number of nitrogens with one attached hydrogen (secondary N) is 1. The molecule has 0 aliphatic heterocycles. The third-order valence-corrected chi connectivity index (χ3v) is 2.56. The number of carboxylic acids is 1. The average molecular weight is 298 g/mol. The van der Waals surface area contributed by atoms with E-state index in [1.165, 1.54) is 5.38 Å². The van der Waals surface area contributed by atoms with Crippen LogP contribution in [0.25, 0.3) is 0 Å². The smallest absolute Gasteiger partial charge is 0.411 e. The van der Waals surface area contributed by atoms with Crippen molar-refractivity contribution in [2.45, 2.75) is 12.7 Å². The summed E-state index contributed by atoms with van der Waals surface area (Å²) < 4.78 is 39.3. The first kappa shape index (κ1) is 15.4. The van der Waals surface area contributed by atoms with Crippen LogP contribution in [0.3, 0.4) is 0 Å². The van der Waals surface area contributed by atoms with Gasteiger partial charge in [-0.3, -0.25) is 4.79 Å². The molecular weight excluding hydrogens is 289 g/mol. The molecule has 6 nitrogen and oxygen atoms in total. The number of hydrogen-bond donors (Lipinski definition) is 2. The van der Waals surface area contributed by atoms with Crippen molar-refractivity contribution >= 4 is 23.2 Å². The van der Waals surface area contributed by atoms with Gasteiger partial charge in [0, 0.05) is 5.38 Å². The summed E-state index contributed by atoms with van der Waals surface area (Å²) in [5.74, 6) is -1.93. The molecule has 19 heavy (non-hydrogen) atoms. The largest absolute Gasteiger partial charge is 0.476 e. The Labute approximate surface area is 109 Å². The molecule has 106 valence electrons. The quantitative estimate of drug-likeness (QED) is 0.819. The third kappa shape index (κ3) is 6.15. The van der Waals surface area contributed by atoms with Crippen molar-refractivity contribution in [3.63, 3.8) is 0 Å². The van der Waals surface area contributed by atoms with Crippen molar-refractivity contribution in [2.24, 2.45) is 0 Å². The zero-order valence-corrected chi connectivity index (χ0v) is 10.2. The molecule has 1 amide bonds. The van der Waals surface area contributed by atoms with Crippen LogP contribution in [0.15, 0.2) is 5.38 Å². The number of amides is 1. The number of thiazole rings is 1. The molecule has 0 radical (unpaired) electrons. The monoisotopic (exact) mass is 298 g/mol. The summed E-state index contributed by atoms with van der Waals surface area (Å²) in [6.07, 6.45) is -4.48. The lowest BCUT2D eigenvalue weighted by atomic mass is 10.5. The number of aromatic carboxylic acids is 1. The van der Waals surface area contributed by atoms with Gasteiger partial charge in [0.25, 0.3) is 0 Å². The normalized spacial score (nSPS) is 11.3. The lowest BCUT2D eigenvalue weighted by Gasteiger charge is -2.07. The van der Waals surface area contributed by atoms with Crippen LogP contribution in [0.1, 0.15) is 15.5 Å². The maximum Gasteiger partial charge on any atom is 0.411 e. The van der Waals surface area contributed by atoms with Crippen molar-refractivity contribution in [1.29, 1.82) is 0 Å². The Balaban J connectivity index is 2.28. The molecule has 2 N–H and O–H groups in total. The Morgan fingerprint density at radius 2 is 2.16 bits per heavy atom. The van der Waals surface area contributed by atoms with Crippen molar-refractivity contribution in [3.8, 4) is 0 Å². The Hall–Kier alpha value is -1.68. The molecule has 0 bridgehead atoms. The van der Waals surface area contributed by atoms with Gasteiger partial charge in [-0.05, 0) is 0 Å². The van der Waals surface area contributed by atoms with Crippen molar-refractivity contribution in [1.82, 2.24) is 10.3 Å². The molecule has 0 atom stereocenters. The van der Waals surface area contributed by atoms with Gasteiger partial charge in [-0.1, -0.05) is 0 Å². The molecule has 0 aliphatic carbocycles. The molecule has 0 aliphatic rings. The predicted molar refractivity (Wildman–Crippen MR) is 57.8 cm³/mol. The fraction of sp³-hybridized carbons (Fsp3) is 0.444. The van der Waals surface area contributed by atoms with Gasteiger partial charge < -0.3 is 15.2 Å². The number of aromatic nitrogens is 1.